The van der Waals surface area contributed by atoms with Gasteiger partial charge in [0, 0.05) is 19.0 Å². The number of nitro groups is 1. The van der Waals surface area contributed by atoms with Crippen LogP contribution in [0, 0.1) is 21.3 Å². The van der Waals surface area contributed by atoms with Crippen LogP contribution in [0.25, 0.3) is 0 Å². The van der Waals surface area contributed by atoms with E-state index in [0.29, 0.717) is 13.0 Å². The molecule has 1 aliphatic rings. The van der Waals surface area contributed by atoms with Crippen molar-refractivity contribution in [3.63, 3.8) is 0 Å². The fraction of sp³-hybridized carbons (Fsp3) is 0.533. The first-order valence-electron chi connectivity index (χ1n) is 7.21. The Hall–Kier alpha value is -2.38. The number of ether oxygens (including phenoxy) is 1. The minimum atomic E-state index is -1.04. The van der Waals surface area contributed by atoms with Crippen LogP contribution >= 0.6 is 0 Å². The summed E-state index contributed by atoms with van der Waals surface area (Å²) in [6.45, 7) is 5.98. The standard InChI is InChI=1S/C15H19FN2O5/c1-15(2,3)13-12(4-5-17(13)14(19)20)23-11-7-9(16)6-10(8-11)18(21)22/h6-8,12-13H,4-5H2,1-3H3,(H,19,20)/t12?,13-/m0/s1. The summed E-state index contributed by atoms with van der Waals surface area (Å²) in [4.78, 5) is 22.8. The Morgan fingerprint density at radius 3 is 2.61 bits per heavy atom. The molecule has 1 heterocycles. The second-order valence-corrected chi connectivity index (χ2v) is 6.63. The second-order valence-electron chi connectivity index (χ2n) is 6.63. The van der Waals surface area contributed by atoms with Gasteiger partial charge in [0.15, 0.2) is 0 Å². The van der Waals surface area contributed by atoms with Gasteiger partial charge in [-0.25, -0.2) is 9.18 Å². The third kappa shape index (κ3) is 3.69. The number of halogens is 1. The lowest BCUT2D eigenvalue weighted by atomic mass is 9.84. The summed E-state index contributed by atoms with van der Waals surface area (Å²) in [6, 6.07) is 2.59. The van der Waals surface area contributed by atoms with E-state index in [4.69, 9.17) is 4.74 Å². The van der Waals surface area contributed by atoms with Gasteiger partial charge in [0.1, 0.15) is 17.7 Å². The van der Waals surface area contributed by atoms with Gasteiger partial charge in [0.25, 0.3) is 5.69 Å². The molecule has 7 nitrogen and oxygen atoms in total. The van der Waals surface area contributed by atoms with E-state index in [1.54, 1.807) is 0 Å². The lowest BCUT2D eigenvalue weighted by molar-refractivity contribution is -0.385. The van der Waals surface area contributed by atoms with Gasteiger partial charge in [0.2, 0.25) is 0 Å². The molecule has 0 spiro atoms. The summed E-state index contributed by atoms with van der Waals surface area (Å²) in [5.74, 6) is -0.738. The molecule has 1 fully saturated rings. The molecule has 2 atom stereocenters. The van der Waals surface area contributed by atoms with Crippen molar-refractivity contribution in [1.82, 2.24) is 4.90 Å². The van der Waals surface area contributed by atoms with E-state index in [1.807, 2.05) is 20.8 Å². The second kappa shape index (κ2) is 6.02. The largest absolute Gasteiger partial charge is 0.488 e. The van der Waals surface area contributed by atoms with Crippen LogP contribution in [0.15, 0.2) is 18.2 Å². The number of carbonyl (C=O) groups is 1. The summed E-state index contributed by atoms with van der Waals surface area (Å²) >= 11 is 0. The quantitative estimate of drug-likeness (QED) is 0.679. The van der Waals surface area contributed by atoms with Crippen molar-refractivity contribution in [3.8, 4) is 5.75 Å². The summed E-state index contributed by atoms with van der Waals surface area (Å²) in [7, 11) is 0. The minimum absolute atomic E-state index is 0.0307. The molecule has 1 aliphatic heterocycles. The number of hydrogen-bond acceptors (Lipinski definition) is 4. The van der Waals surface area contributed by atoms with Gasteiger partial charge in [-0.15, -0.1) is 0 Å². The van der Waals surface area contributed by atoms with Gasteiger partial charge in [-0.2, -0.15) is 0 Å². The van der Waals surface area contributed by atoms with E-state index in [1.165, 1.54) is 4.90 Å². The van der Waals surface area contributed by atoms with Crippen molar-refractivity contribution >= 4 is 11.8 Å². The van der Waals surface area contributed by atoms with Gasteiger partial charge in [-0.1, -0.05) is 20.8 Å². The maximum Gasteiger partial charge on any atom is 0.407 e. The van der Waals surface area contributed by atoms with Crippen LogP contribution in [0.1, 0.15) is 27.2 Å². The van der Waals surface area contributed by atoms with Crippen LogP contribution in [0.5, 0.6) is 5.75 Å². The number of non-ortho nitro benzene ring substituents is 1. The molecule has 1 aromatic rings. The molecule has 1 saturated heterocycles. The maximum absolute atomic E-state index is 13.5. The number of nitrogens with zero attached hydrogens (tertiary/aromatic N) is 2. The van der Waals surface area contributed by atoms with Crippen LogP contribution in [0.4, 0.5) is 14.9 Å². The molecule has 0 bridgehead atoms. The fourth-order valence-electron chi connectivity index (χ4n) is 3.02. The molecule has 1 N–H and O–H groups in total. The molecule has 8 heteroatoms. The number of likely N-dealkylation sites (tertiary alicyclic amines) is 1. The van der Waals surface area contributed by atoms with E-state index in [0.717, 1.165) is 18.2 Å². The highest BCUT2D eigenvalue weighted by Gasteiger charge is 2.45. The molecular formula is C15H19FN2O5. The molecule has 0 aromatic heterocycles. The SMILES string of the molecule is CC(C)(C)[C@@H]1C(Oc2cc(F)cc([N+](=O)[O-])c2)CCN1C(=O)O. The lowest BCUT2D eigenvalue weighted by Gasteiger charge is -2.36. The van der Waals surface area contributed by atoms with Crippen molar-refractivity contribution in [2.24, 2.45) is 5.41 Å². The van der Waals surface area contributed by atoms with Crippen molar-refractivity contribution < 1.29 is 24.0 Å². The van der Waals surface area contributed by atoms with Crippen LogP contribution < -0.4 is 4.74 Å². The number of hydrogen-bond donors (Lipinski definition) is 1. The van der Waals surface area contributed by atoms with E-state index in [9.17, 15) is 24.4 Å². The Kier molecular flexibility index (Phi) is 4.44. The molecule has 23 heavy (non-hydrogen) atoms. The third-order valence-electron chi connectivity index (χ3n) is 3.83. The summed E-state index contributed by atoms with van der Waals surface area (Å²) in [5, 5.41) is 20.1. The number of rotatable bonds is 3. The average molecular weight is 326 g/mol. The molecule has 2 rings (SSSR count). The molecule has 126 valence electrons. The maximum atomic E-state index is 13.5. The first kappa shape index (κ1) is 17.0. The molecule has 1 amide bonds. The molecule has 1 aromatic carbocycles. The molecular weight excluding hydrogens is 307 g/mol. The average Bonchev–Trinajstić information content (AvgIpc) is 2.81. The van der Waals surface area contributed by atoms with Crippen molar-refractivity contribution in [3.05, 3.63) is 34.1 Å². The van der Waals surface area contributed by atoms with Gasteiger partial charge < -0.3 is 14.7 Å². The van der Waals surface area contributed by atoms with Crippen LogP contribution in [-0.4, -0.2) is 39.7 Å². The van der Waals surface area contributed by atoms with E-state index >= 15 is 0 Å². The first-order valence-corrected chi connectivity index (χ1v) is 7.21. The lowest BCUT2D eigenvalue weighted by Crippen LogP contribution is -2.48. The van der Waals surface area contributed by atoms with Gasteiger partial charge >= 0.3 is 6.09 Å². The highest BCUT2D eigenvalue weighted by atomic mass is 19.1. The number of benzene rings is 1. The van der Waals surface area contributed by atoms with Gasteiger partial charge in [-0.3, -0.25) is 10.1 Å². The molecule has 0 saturated carbocycles. The van der Waals surface area contributed by atoms with E-state index in [2.05, 4.69) is 0 Å². The summed E-state index contributed by atoms with van der Waals surface area (Å²) < 4.78 is 19.2. The summed E-state index contributed by atoms with van der Waals surface area (Å²) in [5.41, 5.74) is -0.792. The Balaban J connectivity index is 2.28. The predicted octanol–water partition coefficient (Wildman–Crippen LogP) is 3.28. The zero-order valence-corrected chi connectivity index (χ0v) is 13.2. The van der Waals surface area contributed by atoms with Crippen LogP contribution in [-0.2, 0) is 0 Å². The Morgan fingerprint density at radius 2 is 2.09 bits per heavy atom. The van der Waals surface area contributed by atoms with E-state index in [-0.39, 0.29) is 5.75 Å². The fourth-order valence-corrected chi connectivity index (χ4v) is 3.02. The number of carboxylic acid groups (broad SMARTS) is 1. The Morgan fingerprint density at radius 1 is 1.43 bits per heavy atom. The molecule has 1 unspecified atom stereocenters. The highest BCUT2D eigenvalue weighted by molar-refractivity contribution is 5.66. The first-order chi connectivity index (χ1) is 10.6. The number of amides is 1. The van der Waals surface area contributed by atoms with Crippen molar-refractivity contribution in [2.45, 2.75) is 39.3 Å². The smallest absolute Gasteiger partial charge is 0.407 e. The molecule has 0 aliphatic carbocycles. The van der Waals surface area contributed by atoms with Gasteiger partial charge in [0.05, 0.1) is 23.1 Å². The van der Waals surface area contributed by atoms with Crippen molar-refractivity contribution in [1.29, 1.82) is 0 Å². The van der Waals surface area contributed by atoms with Crippen molar-refractivity contribution in [2.75, 3.05) is 6.54 Å². The Bertz CT molecular complexity index is 629. The molecule has 0 radical (unpaired) electrons. The zero-order valence-electron chi connectivity index (χ0n) is 13.2. The van der Waals surface area contributed by atoms with Crippen LogP contribution in [0.2, 0.25) is 0 Å². The van der Waals surface area contributed by atoms with Crippen LogP contribution in [0.3, 0.4) is 0 Å². The Labute approximate surface area is 132 Å². The number of nitro benzene ring substituents is 1. The highest BCUT2D eigenvalue weighted by Crippen LogP contribution is 2.36. The topological polar surface area (TPSA) is 92.9 Å². The van der Waals surface area contributed by atoms with Gasteiger partial charge in [-0.05, 0) is 5.41 Å². The third-order valence-corrected chi connectivity index (χ3v) is 3.83. The minimum Gasteiger partial charge on any atom is -0.488 e. The normalized spacial score (nSPS) is 21.3. The monoisotopic (exact) mass is 326 g/mol. The zero-order chi connectivity index (χ0) is 17.4. The predicted molar refractivity (Wildman–Crippen MR) is 80.1 cm³/mol. The summed E-state index contributed by atoms with van der Waals surface area (Å²) in [6.07, 6.45) is -1.09. The van der Waals surface area contributed by atoms with E-state index < -0.39 is 40.1 Å².